The molecule has 0 saturated heterocycles. The van der Waals surface area contributed by atoms with Gasteiger partial charge >= 0.3 is 0 Å². The van der Waals surface area contributed by atoms with Crippen molar-refractivity contribution in [1.82, 2.24) is 10.2 Å². The van der Waals surface area contributed by atoms with Gasteiger partial charge in [0.2, 0.25) is 11.8 Å². The lowest BCUT2D eigenvalue weighted by Crippen LogP contribution is -2.15. The van der Waals surface area contributed by atoms with Crippen LogP contribution in [-0.4, -0.2) is 16.7 Å². The van der Waals surface area contributed by atoms with E-state index in [0.717, 1.165) is 0 Å². The van der Waals surface area contributed by atoms with Gasteiger partial charge in [0.05, 0.1) is 5.92 Å². The Morgan fingerprint density at radius 3 is 2.69 bits per heavy atom. The first-order chi connectivity index (χ1) is 7.72. The van der Waals surface area contributed by atoms with Crippen molar-refractivity contribution in [3.05, 3.63) is 47.4 Å². The number of aromatic nitrogens is 2. The van der Waals surface area contributed by atoms with E-state index >= 15 is 0 Å². The maximum absolute atomic E-state index is 13.6. The third kappa shape index (κ3) is 1.94. The third-order valence-electron chi connectivity index (χ3n) is 2.36. The van der Waals surface area contributed by atoms with Crippen molar-refractivity contribution < 1.29 is 8.81 Å². The Hall–Kier alpha value is -1.75. The second-order valence-corrected chi connectivity index (χ2v) is 3.47. The van der Waals surface area contributed by atoms with Crippen LogP contribution in [0.25, 0.3) is 0 Å². The highest BCUT2D eigenvalue weighted by Crippen LogP contribution is 2.24. The van der Waals surface area contributed by atoms with Gasteiger partial charge in [-0.05, 0) is 6.07 Å². The van der Waals surface area contributed by atoms with Crippen molar-refractivity contribution in [2.45, 2.75) is 12.8 Å². The van der Waals surface area contributed by atoms with Crippen LogP contribution in [0.5, 0.6) is 0 Å². The molecule has 84 valence electrons. The molecule has 2 aromatic rings. The monoisotopic (exact) mass is 221 g/mol. The molecule has 1 unspecified atom stereocenters. The number of nitrogens with zero attached hydrogens (tertiary/aromatic N) is 2. The molecule has 0 spiro atoms. The number of aryl methyl sites for hydroxylation is 1. The van der Waals surface area contributed by atoms with Gasteiger partial charge in [-0.1, -0.05) is 18.2 Å². The van der Waals surface area contributed by atoms with E-state index in [-0.39, 0.29) is 18.3 Å². The van der Waals surface area contributed by atoms with Crippen molar-refractivity contribution in [1.29, 1.82) is 0 Å². The summed E-state index contributed by atoms with van der Waals surface area (Å²) in [6.07, 6.45) is 0. The van der Waals surface area contributed by atoms with Crippen molar-refractivity contribution in [3.63, 3.8) is 0 Å². The summed E-state index contributed by atoms with van der Waals surface area (Å²) in [6, 6.07) is 6.45. The first-order valence-corrected chi connectivity index (χ1v) is 4.97. The molecule has 1 atom stereocenters. The molecule has 2 rings (SSSR count). The van der Waals surface area contributed by atoms with Gasteiger partial charge in [0.25, 0.3) is 0 Å². The molecule has 2 N–H and O–H groups in total. The number of rotatable bonds is 3. The maximum atomic E-state index is 13.6. The molecule has 0 amide bonds. The predicted molar refractivity (Wildman–Crippen MR) is 56.3 cm³/mol. The van der Waals surface area contributed by atoms with Gasteiger partial charge in [-0.2, -0.15) is 0 Å². The molecule has 0 bridgehead atoms. The Morgan fingerprint density at radius 2 is 2.12 bits per heavy atom. The van der Waals surface area contributed by atoms with Gasteiger partial charge in [0.15, 0.2) is 0 Å². The highest BCUT2D eigenvalue weighted by Gasteiger charge is 2.21. The fourth-order valence-electron chi connectivity index (χ4n) is 1.57. The van der Waals surface area contributed by atoms with E-state index in [4.69, 9.17) is 10.2 Å². The summed E-state index contributed by atoms with van der Waals surface area (Å²) in [5, 5.41) is 7.59. The average molecular weight is 221 g/mol. The SMILES string of the molecule is Cc1nnc(C(CN)c2ccccc2F)o1. The first-order valence-electron chi connectivity index (χ1n) is 4.97. The molecule has 0 saturated carbocycles. The lowest BCUT2D eigenvalue weighted by molar-refractivity contribution is 0.442. The Balaban J connectivity index is 2.40. The Bertz CT molecular complexity index is 484. The highest BCUT2D eigenvalue weighted by molar-refractivity contribution is 5.26. The smallest absolute Gasteiger partial charge is 0.225 e. The van der Waals surface area contributed by atoms with Crippen molar-refractivity contribution >= 4 is 0 Å². The van der Waals surface area contributed by atoms with Crippen molar-refractivity contribution in [2.24, 2.45) is 5.73 Å². The van der Waals surface area contributed by atoms with Crippen LogP contribution in [0.15, 0.2) is 28.7 Å². The minimum absolute atomic E-state index is 0.225. The molecular formula is C11H12FN3O. The normalized spacial score (nSPS) is 12.7. The highest BCUT2D eigenvalue weighted by atomic mass is 19.1. The molecule has 0 radical (unpaired) electrons. The fourth-order valence-corrected chi connectivity index (χ4v) is 1.57. The van der Waals surface area contributed by atoms with Crippen LogP contribution in [0.4, 0.5) is 4.39 Å². The van der Waals surface area contributed by atoms with Crippen LogP contribution in [0.3, 0.4) is 0 Å². The van der Waals surface area contributed by atoms with Crippen LogP contribution >= 0.6 is 0 Å². The molecule has 0 aliphatic rings. The second-order valence-electron chi connectivity index (χ2n) is 3.47. The summed E-state index contributed by atoms with van der Waals surface area (Å²) < 4.78 is 18.9. The standard InChI is InChI=1S/C11H12FN3O/c1-7-14-15-11(16-7)9(6-13)8-4-2-3-5-10(8)12/h2-5,9H,6,13H2,1H3. The van der Waals surface area contributed by atoms with Crippen molar-refractivity contribution in [3.8, 4) is 0 Å². The third-order valence-corrected chi connectivity index (χ3v) is 2.36. The van der Waals surface area contributed by atoms with Gasteiger partial charge < -0.3 is 10.2 Å². The second kappa shape index (κ2) is 4.40. The quantitative estimate of drug-likeness (QED) is 0.855. The lowest BCUT2D eigenvalue weighted by Gasteiger charge is -2.11. The summed E-state index contributed by atoms with van der Waals surface area (Å²) in [5.41, 5.74) is 6.10. The minimum Gasteiger partial charge on any atom is -0.425 e. The topological polar surface area (TPSA) is 64.9 Å². The zero-order valence-corrected chi connectivity index (χ0v) is 8.85. The van der Waals surface area contributed by atoms with E-state index < -0.39 is 0 Å². The Kier molecular flexibility index (Phi) is 2.96. The molecule has 0 aliphatic heterocycles. The molecule has 0 fully saturated rings. The fraction of sp³-hybridized carbons (Fsp3) is 0.273. The predicted octanol–water partition coefficient (Wildman–Crippen LogP) is 1.61. The first kappa shape index (κ1) is 10.8. The van der Waals surface area contributed by atoms with Gasteiger partial charge in [-0.15, -0.1) is 10.2 Å². The molecule has 0 aliphatic carbocycles. The van der Waals surface area contributed by atoms with E-state index in [1.165, 1.54) is 6.07 Å². The van der Waals surface area contributed by atoms with Crippen LogP contribution in [0.2, 0.25) is 0 Å². The summed E-state index contributed by atoms with van der Waals surface area (Å²) in [6.45, 7) is 1.91. The van der Waals surface area contributed by atoms with Gasteiger partial charge in [-0.25, -0.2) is 4.39 Å². The number of nitrogens with two attached hydrogens (primary N) is 1. The maximum Gasteiger partial charge on any atom is 0.225 e. The van der Waals surface area contributed by atoms with Gasteiger partial charge in [0.1, 0.15) is 5.82 Å². The Labute approximate surface area is 92.3 Å². The molecule has 4 nitrogen and oxygen atoms in total. The summed E-state index contributed by atoms with van der Waals surface area (Å²) in [5.74, 6) is 0.103. The number of halogens is 1. The van der Waals surface area contributed by atoms with Gasteiger partial charge in [0, 0.05) is 19.0 Å². The van der Waals surface area contributed by atoms with Crippen LogP contribution in [-0.2, 0) is 0 Å². The molecule has 1 aromatic heterocycles. The van der Waals surface area contributed by atoms with E-state index in [9.17, 15) is 4.39 Å². The number of hydrogen-bond acceptors (Lipinski definition) is 4. The number of hydrogen-bond donors (Lipinski definition) is 1. The molecule has 16 heavy (non-hydrogen) atoms. The lowest BCUT2D eigenvalue weighted by atomic mass is 9.99. The zero-order valence-electron chi connectivity index (χ0n) is 8.85. The molecule has 1 aromatic carbocycles. The van der Waals surface area contributed by atoms with E-state index in [1.54, 1.807) is 25.1 Å². The van der Waals surface area contributed by atoms with Gasteiger partial charge in [-0.3, -0.25) is 0 Å². The average Bonchev–Trinajstić information content (AvgIpc) is 2.69. The number of benzene rings is 1. The summed E-state index contributed by atoms with van der Waals surface area (Å²) in [4.78, 5) is 0. The van der Waals surface area contributed by atoms with E-state index in [2.05, 4.69) is 10.2 Å². The van der Waals surface area contributed by atoms with Crippen molar-refractivity contribution in [2.75, 3.05) is 6.54 Å². The zero-order chi connectivity index (χ0) is 11.5. The van der Waals surface area contributed by atoms with E-state index in [0.29, 0.717) is 17.3 Å². The molecule has 5 heteroatoms. The molecule has 1 heterocycles. The summed E-state index contributed by atoms with van der Waals surface area (Å²) >= 11 is 0. The molecular weight excluding hydrogens is 209 g/mol. The van der Waals surface area contributed by atoms with Crippen LogP contribution in [0.1, 0.15) is 23.3 Å². The summed E-state index contributed by atoms with van der Waals surface area (Å²) in [7, 11) is 0. The minimum atomic E-state index is -0.387. The Morgan fingerprint density at radius 1 is 1.38 bits per heavy atom. The van der Waals surface area contributed by atoms with Crippen LogP contribution < -0.4 is 5.73 Å². The van der Waals surface area contributed by atoms with E-state index in [1.807, 2.05) is 0 Å². The largest absolute Gasteiger partial charge is 0.425 e. The van der Waals surface area contributed by atoms with Crippen LogP contribution in [0, 0.1) is 12.7 Å².